The fourth-order valence-corrected chi connectivity index (χ4v) is 2.48. The average Bonchev–Trinajstić information content (AvgIpc) is 2.85. The molecule has 0 aliphatic carbocycles. The van der Waals surface area contributed by atoms with Gasteiger partial charge in [0.2, 0.25) is 0 Å². The van der Waals surface area contributed by atoms with Gasteiger partial charge in [-0.3, -0.25) is 0 Å². The van der Waals surface area contributed by atoms with E-state index in [-0.39, 0.29) is 5.82 Å². The summed E-state index contributed by atoms with van der Waals surface area (Å²) in [4.78, 5) is 11.1. The van der Waals surface area contributed by atoms with Crippen molar-refractivity contribution >= 4 is 45.1 Å². The molecule has 0 atom stereocenters. The zero-order valence-electron chi connectivity index (χ0n) is 10.0. The number of anilines is 2. The first-order chi connectivity index (χ1) is 9.15. The summed E-state index contributed by atoms with van der Waals surface area (Å²) in [5.74, 6) is 0.271. The molecular formula is C13H10FIN4. The van der Waals surface area contributed by atoms with E-state index in [1.807, 2.05) is 13.0 Å². The van der Waals surface area contributed by atoms with Gasteiger partial charge in [-0.2, -0.15) is 0 Å². The Kier molecular flexibility index (Phi) is 3.09. The summed E-state index contributed by atoms with van der Waals surface area (Å²) in [6, 6.07) is 5.45. The number of aromatic nitrogens is 3. The lowest BCUT2D eigenvalue weighted by molar-refractivity contribution is 0.641. The monoisotopic (exact) mass is 368 g/mol. The maximum Gasteiger partial charge on any atom is 0.174 e. The molecule has 0 spiro atoms. The highest BCUT2D eigenvalue weighted by atomic mass is 127. The molecule has 0 radical (unpaired) electrons. The summed E-state index contributed by atoms with van der Waals surface area (Å²) in [7, 11) is 0. The number of fused-ring (bicyclic) bond motifs is 1. The molecule has 3 aromatic rings. The number of rotatable bonds is 2. The van der Waals surface area contributed by atoms with Crippen LogP contribution in [0.3, 0.4) is 0 Å². The molecule has 0 aliphatic rings. The van der Waals surface area contributed by atoms with Crippen LogP contribution in [0, 0.1) is 16.3 Å². The molecule has 2 N–H and O–H groups in total. The van der Waals surface area contributed by atoms with Crippen LogP contribution in [0.1, 0.15) is 5.56 Å². The molecule has 0 amide bonds. The predicted molar refractivity (Wildman–Crippen MR) is 81.0 cm³/mol. The number of hydrogen-bond donors (Lipinski definition) is 2. The van der Waals surface area contributed by atoms with Crippen molar-refractivity contribution in [2.45, 2.75) is 6.92 Å². The largest absolute Gasteiger partial charge is 0.345 e. The van der Waals surface area contributed by atoms with Crippen molar-refractivity contribution in [2.24, 2.45) is 0 Å². The Morgan fingerprint density at radius 1 is 1.32 bits per heavy atom. The third-order valence-corrected chi connectivity index (χ3v) is 3.42. The summed E-state index contributed by atoms with van der Waals surface area (Å²) in [6.07, 6.45) is 3.22. The highest BCUT2D eigenvalue weighted by Gasteiger charge is 2.11. The van der Waals surface area contributed by atoms with E-state index >= 15 is 0 Å². The minimum absolute atomic E-state index is 0.327. The van der Waals surface area contributed by atoms with E-state index in [1.54, 1.807) is 18.3 Å². The summed E-state index contributed by atoms with van der Waals surface area (Å²) in [5, 5.41) is 3.01. The Labute approximate surface area is 122 Å². The number of H-pyrrole nitrogens is 1. The third-order valence-electron chi connectivity index (χ3n) is 2.83. The van der Waals surface area contributed by atoms with E-state index < -0.39 is 0 Å². The molecule has 3 rings (SSSR count). The van der Waals surface area contributed by atoms with Crippen molar-refractivity contribution in [2.75, 3.05) is 5.32 Å². The van der Waals surface area contributed by atoms with Crippen LogP contribution in [-0.2, 0) is 0 Å². The first-order valence-electron chi connectivity index (χ1n) is 5.66. The van der Waals surface area contributed by atoms with Gasteiger partial charge >= 0.3 is 0 Å². The van der Waals surface area contributed by atoms with Crippen molar-refractivity contribution in [3.63, 3.8) is 0 Å². The van der Waals surface area contributed by atoms with Gasteiger partial charge in [-0.1, -0.05) is 0 Å². The van der Waals surface area contributed by atoms with Gasteiger partial charge in [-0.05, 0) is 53.3 Å². The third kappa shape index (κ3) is 2.27. The standard InChI is InChI=1S/C13H10FIN4/c1-7-4-8(15)5-16-13(7)19-9-2-3-10-12(11(9)14)18-6-17-10/h2-6H,1H3,(H,16,19)(H,17,18). The van der Waals surface area contributed by atoms with E-state index in [0.29, 0.717) is 22.5 Å². The van der Waals surface area contributed by atoms with E-state index in [2.05, 4.69) is 42.9 Å². The number of pyridine rings is 1. The zero-order chi connectivity index (χ0) is 13.4. The van der Waals surface area contributed by atoms with Gasteiger partial charge in [-0.25, -0.2) is 14.4 Å². The number of imidazole rings is 1. The highest BCUT2D eigenvalue weighted by Crippen LogP contribution is 2.26. The van der Waals surface area contributed by atoms with E-state index in [0.717, 1.165) is 9.13 Å². The second-order valence-electron chi connectivity index (χ2n) is 4.17. The number of hydrogen-bond acceptors (Lipinski definition) is 3. The van der Waals surface area contributed by atoms with Crippen molar-refractivity contribution in [3.05, 3.63) is 45.7 Å². The summed E-state index contributed by atoms with van der Waals surface area (Å²) in [5.41, 5.74) is 2.34. The fraction of sp³-hybridized carbons (Fsp3) is 0.0769. The molecule has 0 bridgehead atoms. The minimum Gasteiger partial charge on any atom is -0.345 e. The Balaban J connectivity index is 2.03. The van der Waals surface area contributed by atoms with Gasteiger partial charge in [0.25, 0.3) is 0 Å². The number of nitrogens with zero attached hydrogens (tertiary/aromatic N) is 2. The lowest BCUT2D eigenvalue weighted by Crippen LogP contribution is -1.99. The maximum atomic E-state index is 14.2. The van der Waals surface area contributed by atoms with Gasteiger partial charge in [-0.15, -0.1) is 0 Å². The SMILES string of the molecule is Cc1cc(I)cnc1Nc1ccc2[nH]cnc2c1F. The molecule has 0 aliphatic heterocycles. The predicted octanol–water partition coefficient (Wildman–Crippen LogP) is 3.75. The van der Waals surface area contributed by atoms with Crippen LogP contribution in [0.4, 0.5) is 15.9 Å². The van der Waals surface area contributed by atoms with Gasteiger partial charge < -0.3 is 10.3 Å². The number of aryl methyl sites for hydroxylation is 1. The van der Waals surface area contributed by atoms with E-state index in [9.17, 15) is 4.39 Å². The van der Waals surface area contributed by atoms with Crippen LogP contribution in [0.5, 0.6) is 0 Å². The molecule has 1 aromatic carbocycles. The van der Waals surface area contributed by atoms with Gasteiger partial charge in [0.05, 0.1) is 17.5 Å². The lowest BCUT2D eigenvalue weighted by Gasteiger charge is -2.09. The number of halogens is 2. The Hall–Kier alpha value is -1.70. The molecule has 6 heteroatoms. The number of aromatic amines is 1. The average molecular weight is 368 g/mol. The molecule has 0 unspecified atom stereocenters. The molecule has 0 saturated carbocycles. The van der Waals surface area contributed by atoms with E-state index in [1.165, 1.54) is 6.33 Å². The Bertz CT molecular complexity index is 753. The minimum atomic E-state index is -0.376. The van der Waals surface area contributed by atoms with Crippen LogP contribution in [0.25, 0.3) is 11.0 Å². The molecule has 2 heterocycles. The smallest absolute Gasteiger partial charge is 0.174 e. The molecule has 0 saturated heterocycles. The summed E-state index contributed by atoms with van der Waals surface area (Å²) < 4.78 is 15.3. The zero-order valence-corrected chi connectivity index (χ0v) is 12.2. The van der Waals surface area contributed by atoms with Crippen LogP contribution in [0.2, 0.25) is 0 Å². The second-order valence-corrected chi connectivity index (χ2v) is 5.42. The molecule has 19 heavy (non-hydrogen) atoms. The molecular weight excluding hydrogens is 358 g/mol. The van der Waals surface area contributed by atoms with Crippen LogP contribution in [0.15, 0.2) is 30.7 Å². The number of nitrogens with one attached hydrogen (secondary N) is 2. The van der Waals surface area contributed by atoms with Crippen LogP contribution >= 0.6 is 22.6 Å². The van der Waals surface area contributed by atoms with Crippen LogP contribution in [-0.4, -0.2) is 15.0 Å². The van der Waals surface area contributed by atoms with E-state index in [4.69, 9.17) is 0 Å². The van der Waals surface area contributed by atoms with Gasteiger partial charge in [0, 0.05) is 9.77 Å². The topological polar surface area (TPSA) is 53.6 Å². The molecule has 0 fully saturated rings. The van der Waals surface area contributed by atoms with Crippen molar-refractivity contribution < 1.29 is 4.39 Å². The molecule has 2 aromatic heterocycles. The summed E-state index contributed by atoms with van der Waals surface area (Å²) >= 11 is 2.19. The number of benzene rings is 1. The van der Waals surface area contributed by atoms with Crippen molar-refractivity contribution in [1.29, 1.82) is 0 Å². The maximum absolute atomic E-state index is 14.2. The van der Waals surface area contributed by atoms with Gasteiger partial charge in [0.15, 0.2) is 5.82 Å². The fourth-order valence-electron chi connectivity index (χ4n) is 1.87. The Morgan fingerprint density at radius 3 is 2.95 bits per heavy atom. The quantitative estimate of drug-likeness (QED) is 0.678. The first kappa shape index (κ1) is 12.3. The second kappa shape index (κ2) is 4.76. The van der Waals surface area contributed by atoms with Crippen molar-refractivity contribution in [1.82, 2.24) is 15.0 Å². The van der Waals surface area contributed by atoms with Crippen molar-refractivity contribution in [3.8, 4) is 0 Å². The summed E-state index contributed by atoms with van der Waals surface area (Å²) in [6.45, 7) is 1.93. The molecule has 96 valence electrons. The Morgan fingerprint density at radius 2 is 2.16 bits per heavy atom. The normalized spacial score (nSPS) is 10.9. The first-order valence-corrected chi connectivity index (χ1v) is 6.74. The lowest BCUT2D eigenvalue weighted by atomic mass is 10.2. The van der Waals surface area contributed by atoms with Gasteiger partial charge in [0.1, 0.15) is 11.3 Å². The highest BCUT2D eigenvalue weighted by molar-refractivity contribution is 14.1. The molecule has 4 nitrogen and oxygen atoms in total. The van der Waals surface area contributed by atoms with Crippen LogP contribution < -0.4 is 5.32 Å².